The molecule has 0 amide bonds. The molecule has 1 fully saturated rings. The van der Waals surface area contributed by atoms with Crippen LogP contribution in [0.5, 0.6) is 0 Å². The highest BCUT2D eigenvalue weighted by Gasteiger charge is 2.26. The average Bonchev–Trinajstić information content (AvgIpc) is 2.26. The van der Waals surface area contributed by atoms with Crippen molar-refractivity contribution in [1.29, 1.82) is 0 Å². The Morgan fingerprint density at radius 3 is 2.43 bits per heavy atom. The maximum atomic E-state index is 9.82. The van der Waals surface area contributed by atoms with E-state index in [-0.39, 0.29) is 5.92 Å². The largest absolute Gasteiger partial charge is 0.389 e. The van der Waals surface area contributed by atoms with E-state index in [1.54, 1.807) is 0 Å². The summed E-state index contributed by atoms with van der Waals surface area (Å²) in [6.07, 6.45) is 4.92. The van der Waals surface area contributed by atoms with Gasteiger partial charge in [0.25, 0.3) is 0 Å². The SMILES string of the molecule is CCC#CC(O)C(O)C1CCCCC1. The summed E-state index contributed by atoms with van der Waals surface area (Å²) in [6, 6.07) is 0. The van der Waals surface area contributed by atoms with E-state index >= 15 is 0 Å². The maximum absolute atomic E-state index is 9.82. The summed E-state index contributed by atoms with van der Waals surface area (Å²) in [4.78, 5) is 0. The van der Waals surface area contributed by atoms with E-state index in [0.717, 1.165) is 19.3 Å². The van der Waals surface area contributed by atoms with Crippen molar-refractivity contribution in [2.24, 2.45) is 5.92 Å². The van der Waals surface area contributed by atoms with E-state index in [4.69, 9.17) is 0 Å². The Morgan fingerprint density at radius 1 is 1.21 bits per heavy atom. The third kappa shape index (κ3) is 3.32. The van der Waals surface area contributed by atoms with Crippen molar-refractivity contribution in [3.8, 4) is 11.8 Å². The van der Waals surface area contributed by atoms with Crippen molar-refractivity contribution in [2.75, 3.05) is 0 Å². The predicted molar refractivity (Wildman–Crippen MR) is 56.7 cm³/mol. The maximum Gasteiger partial charge on any atom is 0.140 e. The van der Waals surface area contributed by atoms with Crippen LogP contribution in [0.1, 0.15) is 45.4 Å². The topological polar surface area (TPSA) is 40.5 Å². The van der Waals surface area contributed by atoms with Crippen molar-refractivity contribution in [3.63, 3.8) is 0 Å². The summed E-state index contributed by atoms with van der Waals surface area (Å²) >= 11 is 0. The van der Waals surface area contributed by atoms with Gasteiger partial charge in [0.1, 0.15) is 6.10 Å². The van der Waals surface area contributed by atoms with Crippen LogP contribution in [0.2, 0.25) is 0 Å². The van der Waals surface area contributed by atoms with Crippen molar-refractivity contribution >= 4 is 0 Å². The molecule has 14 heavy (non-hydrogen) atoms. The van der Waals surface area contributed by atoms with Gasteiger partial charge >= 0.3 is 0 Å². The first kappa shape index (κ1) is 11.6. The molecule has 0 aromatic carbocycles. The molecular weight excluding hydrogens is 176 g/mol. The highest BCUT2D eigenvalue weighted by atomic mass is 16.3. The van der Waals surface area contributed by atoms with E-state index in [9.17, 15) is 10.2 Å². The van der Waals surface area contributed by atoms with Gasteiger partial charge in [-0.25, -0.2) is 0 Å². The Balaban J connectivity index is 2.41. The molecule has 1 aliphatic carbocycles. The third-order valence-corrected chi connectivity index (χ3v) is 2.88. The van der Waals surface area contributed by atoms with Crippen LogP contribution in [-0.2, 0) is 0 Å². The summed E-state index contributed by atoms with van der Waals surface area (Å²) in [6.45, 7) is 1.94. The lowest BCUT2D eigenvalue weighted by molar-refractivity contribution is 0.000657. The Labute approximate surface area is 86.3 Å². The number of hydrogen-bond acceptors (Lipinski definition) is 2. The smallest absolute Gasteiger partial charge is 0.140 e. The molecule has 0 aliphatic heterocycles. The number of aliphatic hydroxyl groups excluding tert-OH is 2. The van der Waals surface area contributed by atoms with Gasteiger partial charge in [0, 0.05) is 6.42 Å². The zero-order valence-corrected chi connectivity index (χ0v) is 8.87. The molecule has 1 saturated carbocycles. The fourth-order valence-corrected chi connectivity index (χ4v) is 2.03. The minimum atomic E-state index is -0.849. The van der Waals surface area contributed by atoms with Crippen LogP contribution >= 0.6 is 0 Å². The molecule has 1 aliphatic rings. The molecule has 80 valence electrons. The Kier molecular flexibility index (Phi) is 5.00. The summed E-state index contributed by atoms with van der Waals surface area (Å²) in [5.41, 5.74) is 0. The molecule has 0 bridgehead atoms. The normalized spacial score (nSPS) is 22.2. The zero-order chi connectivity index (χ0) is 10.4. The standard InChI is InChI=1S/C12H20O2/c1-2-3-9-11(13)12(14)10-7-5-4-6-8-10/h10-14H,2,4-8H2,1H3. The van der Waals surface area contributed by atoms with Crippen LogP contribution in [0.15, 0.2) is 0 Å². The van der Waals surface area contributed by atoms with Gasteiger partial charge in [0.05, 0.1) is 6.10 Å². The molecule has 2 atom stereocenters. The van der Waals surface area contributed by atoms with Crippen LogP contribution in [0, 0.1) is 17.8 Å². The van der Waals surface area contributed by atoms with Crippen LogP contribution in [0.4, 0.5) is 0 Å². The molecule has 2 heteroatoms. The minimum absolute atomic E-state index is 0.255. The molecule has 0 heterocycles. The van der Waals surface area contributed by atoms with Crippen LogP contribution in [-0.4, -0.2) is 22.4 Å². The summed E-state index contributed by atoms with van der Waals surface area (Å²) in [5, 5.41) is 19.4. The van der Waals surface area contributed by atoms with Crippen LogP contribution < -0.4 is 0 Å². The Hall–Kier alpha value is -0.520. The molecule has 0 aromatic heterocycles. The monoisotopic (exact) mass is 196 g/mol. The molecule has 0 radical (unpaired) electrons. The number of hydrogen-bond donors (Lipinski definition) is 2. The first-order chi connectivity index (χ1) is 6.75. The second-order valence-electron chi connectivity index (χ2n) is 4.01. The highest BCUT2D eigenvalue weighted by molar-refractivity contribution is 5.07. The van der Waals surface area contributed by atoms with E-state index in [0.29, 0.717) is 0 Å². The molecule has 0 aromatic rings. The van der Waals surface area contributed by atoms with Gasteiger partial charge < -0.3 is 10.2 Å². The molecule has 2 unspecified atom stereocenters. The van der Waals surface area contributed by atoms with Crippen molar-refractivity contribution in [1.82, 2.24) is 0 Å². The van der Waals surface area contributed by atoms with Crippen molar-refractivity contribution in [3.05, 3.63) is 0 Å². The van der Waals surface area contributed by atoms with Gasteiger partial charge in [-0.05, 0) is 18.8 Å². The number of rotatable bonds is 2. The van der Waals surface area contributed by atoms with Gasteiger partial charge in [-0.3, -0.25) is 0 Å². The molecule has 1 rings (SSSR count). The van der Waals surface area contributed by atoms with Gasteiger partial charge in [-0.1, -0.05) is 32.1 Å². The number of aliphatic hydroxyl groups is 2. The van der Waals surface area contributed by atoms with Crippen molar-refractivity contribution in [2.45, 2.75) is 57.7 Å². The molecular formula is C12H20O2. The molecule has 2 N–H and O–H groups in total. The van der Waals surface area contributed by atoms with Gasteiger partial charge in [0.2, 0.25) is 0 Å². The minimum Gasteiger partial charge on any atom is -0.389 e. The van der Waals surface area contributed by atoms with Gasteiger partial charge in [-0.15, -0.1) is 5.92 Å². The predicted octanol–water partition coefficient (Wildman–Crippen LogP) is 1.70. The zero-order valence-electron chi connectivity index (χ0n) is 8.87. The second-order valence-corrected chi connectivity index (χ2v) is 4.01. The lowest BCUT2D eigenvalue weighted by Crippen LogP contribution is -2.33. The van der Waals surface area contributed by atoms with Gasteiger partial charge in [-0.2, -0.15) is 0 Å². The quantitative estimate of drug-likeness (QED) is 0.660. The Bertz CT molecular complexity index is 208. The highest BCUT2D eigenvalue weighted by Crippen LogP contribution is 2.27. The average molecular weight is 196 g/mol. The van der Waals surface area contributed by atoms with E-state index in [2.05, 4.69) is 11.8 Å². The third-order valence-electron chi connectivity index (χ3n) is 2.88. The summed E-state index contributed by atoms with van der Waals surface area (Å²) in [7, 11) is 0. The van der Waals surface area contributed by atoms with Crippen molar-refractivity contribution < 1.29 is 10.2 Å². The van der Waals surface area contributed by atoms with E-state index in [1.165, 1.54) is 19.3 Å². The first-order valence-corrected chi connectivity index (χ1v) is 5.60. The lowest BCUT2D eigenvalue weighted by atomic mass is 9.83. The molecule has 0 spiro atoms. The second kappa shape index (κ2) is 6.06. The summed E-state index contributed by atoms with van der Waals surface area (Å²) < 4.78 is 0. The fourth-order valence-electron chi connectivity index (χ4n) is 2.03. The molecule has 0 saturated heterocycles. The Morgan fingerprint density at radius 2 is 1.86 bits per heavy atom. The van der Waals surface area contributed by atoms with Gasteiger partial charge in [0.15, 0.2) is 0 Å². The lowest BCUT2D eigenvalue weighted by Gasteiger charge is -2.27. The van der Waals surface area contributed by atoms with E-state index < -0.39 is 12.2 Å². The first-order valence-electron chi connectivity index (χ1n) is 5.60. The molecule has 2 nitrogen and oxygen atoms in total. The van der Waals surface area contributed by atoms with E-state index in [1.807, 2.05) is 6.92 Å². The summed E-state index contributed by atoms with van der Waals surface area (Å²) in [5.74, 6) is 5.75. The van der Waals surface area contributed by atoms with Crippen LogP contribution in [0.25, 0.3) is 0 Å². The fraction of sp³-hybridized carbons (Fsp3) is 0.833. The van der Waals surface area contributed by atoms with Crippen LogP contribution in [0.3, 0.4) is 0 Å².